The number of hydrogen-bond acceptors (Lipinski definition) is 4. The molecule has 2 aromatic rings. The van der Waals surface area contributed by atoms with Gasteiger partial charge in [0.25, 0.3) is 0 Å². The largest absolute Gasteiger partial charge is 0.588 e. The van der Waals surface area contributed by atoms with E-state index in [1.54, 1.807) is 17.4 Å². The van der Waals surface area contributed by atoms with Gasteiger partial charge in [0, 0.05) is 10.9 Å². The Balaban J connectivity index is 2.28. The van der Waals surface area contributed by atoms with E-state index in [4.69, 9.17) is 0 Å². The van der Waals surface area contributed by atoms with Crippen LogP contribution in [0.1, 0.15) is 16.5 Å². The second kappa shape index (κ2) is 4.54. The maximum atomic E-state index is 12.5. The summed E-state index contributed by atoms with van der Waals surface area (Å²) in [6.07, 6.45) is -0.721. The van der Waals surface area contributed by atoms with E-state index >= 15 is 0 Å². The summed E-state index contributed by atoms with van der Waals surface area (Å²) >= 11 is 3.62. The Kier molecular flexibility index (Phi) is 3.15. The number of nitrogens with zero attached hydrogens (tertiary/aromatic N) is 1. The zero-order valence-corrected chi connectivity index (χ0v) is 12.7. The molecule has 6 heteroatoms. The predicted molar refractivity (Wildman–Crippen MR) is 77.3 cm³/mol. The van der Waals surface area contributed by atoms with Crippen LogP contribution in [0.5, 0.6) is 0 Å². The molecule has 18 heavy (non-hydrogen) atoms. The fraction of sp³-hybridized carbons (Fsp3) is 0.167. The van der Waals surface area contributed by atoms with Crippen LogP contribution >= 0.6 is 27.3 Å². The lowest BCUT2D eigenvalue weighted by atomic mass is 10.1. The van der Waals surface area contributed by atoms with Crippen LogP contribution in [0.15, 0.2) is 39.0 Å². The highest BCUT2D eigenvalue weighted by molar-refractivity contribution is 9.10. The van der Waals surface area contributed by atoms with Gasteiger partial charge in [0.1, 0.15) is 23.2 Å². The van der Waals surface area contributed by atoms with Gasteiger partial charge in [0.15, 0.2) is 4.90 Å². The van der Waals surface area contributed by atoms with Crippen molar-refractivity contribution in [2.45, 2.75) is 11.0 Å². The van der Waals surface area contributed by atoms with Crippen molar-refractivity contribution in [3.63, 3.8) is 0 Å². The van der Waals surface area contributed by atoms with Crippen molar-refractivity contribution in [1.29, 1.82) is 0 Å². The van der Waals surface area contributed by atoms with Crippen LogP contribution in [-0.4, -0.2) is 16.7 Å². The van der Waals surface area contributed by atoms with E-state index < -0.39 is 17.5 Å². The second-order valence-electron chi connectivity index (χ2n) is 3.98. The van der Waals surface area contributed by atoms with Gasteiger partial charge in [-0.25, -0.2) is 0 Å². The Morgan fingerprint density at radius 3 is 2.94 bits per heavy atom. The smallest absolute Gasteiger partial charge is 0.186 e. The summed E-state index contributed by atoms with van der Waals surface area (Å²) in [5.74, 6) is 0. The SMILES string of the molecule is CN1c2c(Br)csc2C(O)c2ccccc2[S+]1[O-]. The zero-order chi connectivity index (χ0) is 12.9. The van der Waals surface area contributed by atoms with Crippen molar-refractivity contribution in [2.24, 2.45) is 0 Å². The van der Waals surface area contributed by atoms with Crippen molar-refractivity contribution in [3.05, 3.63) is 44.6 Å². The lowest BCUT2D eigenvalue weighted by molar-refractivity contribution is 0.222. The number of aliphatic hydroxyl groups excluding tert-OH is 1. The van der Waals surface area contributed by atoms with Crippen molar-refractivity contribution in [3.8, 4) is 0 Å². The Labute approximate surface area is 121 Å². The van der Waals surface area contributed by atoms with Gasteiger partial charge in [-0.3, -0.25) is 0 Å². The molecule has 3 rings (SSSR count). The molecule has 2 heterocycles. The fourth-order valence-corrected chi connectivity index (χ4v) is 5.34. The normalized spacial score (nSPS) is 22.3. The first kappa shape index (κ1) is 12.5. The zero-order valence-electron chi connectivity index (χ0n) is 9.46. The number of thiophene rings is 1. The molecule has 0 saturated carbocycles. The molecule has 1 aromatic heterocycles. The maximum absolute atomic E-state index is 12.5. The third-order valence-corrected chi connectivity index (χ3v) is 6.32. The molecular formula is C12H10BrNO2S2. The van der Waals surface area contributed by atoms with Crippen LogP contribution in [0.25, 0.3) is 0 Å². The van der Waals surface area contributed by atoms with Crippen LogP contribution in [0.4, 0.5) is 5.69 Å². The Hall–Kier alpha value is -0.530. The monoisotopic (exact) mass is 343 g/mol. The van der Waals surface area contributed by atoms with Crippen molar-refractivity contribution in [1.82, 2.24) is 0 Å². The van der Waals surface area contributed by atoms with E-state index in [0.29, 0.717) is 4.90 Å². The lowest BCUT2D eigenvalue weighted by Crippen LogP contribution is -2.26. The molecular weight excluding hydrogens is 334 g/mol. The summed E-state index contributed by atoms with van der Waals surface area (Å²) in [5, 5.41) is 12.4. The van der Waals surface area contributed by atoms with Gasteiger partial charge in [0.2, 0.25) is 0 Å². The van der Waals surface area contributed by atoms with E-state index in [9.17, 15) is 9.66 Å². The van der Waals surface area contributed by atoms with Crippen LogP contribution in [0.3, 0.4) is 0 Å². The van der Waals surface area contributed by atoms with E-state index in [0.717, 1.165) is 20.6 Å². The number of rotatable bonds is 0. The standard InChI is InChI=1S/C12H10BrNO2S2/c1-14-10-8(13)6-17-12(10)11(15)7-4-2-3-5-9(7)18(14)16/h2-6,11,15H,1H3. The molecule has 0 spiro atoms. The summed E-state index contributed by atoms with van der Waals surface area (Å²) in [7, 11) is 1.78. The van der Waals surface area contributed by atoms with Crippen molar-refractivity contribution >= 4 is 44.3 Å². The summed E-state index contributed by atoms with van der Waals surface area (Å²) in [4.78, 5) is 1.49. The highest BCUT2D eigenvalue weighted by Crippen LogP contribution is 2.46. The van der Waals surface area contributed by atoms with Gasteiger partial charge in [-0.05, 0) is 22.0 Å². The Bertz CT molecular complexity index is 602. The summed E-state index contributed by atoms with van der Waals surface area (Å²) < 4.78 is 15.1. The average Bonchev–Trinajstić information content (AvgIpc) is 2.74. The van der Waals surface area contributed by atoms with Crippen LogP contribution in [0, 0.1) is 0 Å². The van der Waals surface area contributed by atoms with Gasteiger partial charge in [0.05, 0.1) is 16.4 Å². The summed E-state index contributed by atoms with van der Waals surface area (Å²) in [6, 6.07) is 7.32. The topological polar surface area (TPSA) is 46.5 Å². The highest BCUT2D eigenvalue weighted by Gasteiger charge is 2.36. The van der Waals surface area contributed by atoms with E-state index in [-0.39, 0.29) is 0 Å². The van der Waals surface area contributed by atoms with E-state index in [1.165, 1.54) is 11.3 Å². The minimum Gasteiger partial charge on any atom is -0.588 e. The molecule has 2 unspecified atom stereocenters. The number of fused-ring (bicyclic) bond motifs is 2. The fourth-order valence-electron chi connectivity index (χ4n) is 2.08. The molecule has 94 valence electrons. The first-order chi connectivity index (χ1) is 8.61. The molecule has 1 aromatic carbocycles. The van der Waals surface area contributed by atoms with Crippen LogP contribution in [-0.2, 0) is 11.4 Å². The molecule has 1 N–H and O–H groups in total. The number of hydrogen-bond donors (Lipinski definition) is 1. The third-order valence-electron chi connectivity index (χ3n) is 2.96. The molecule has 2 atom stereocenters. The van der Waals surface area contributed by atoms with E-state index in [1.807, 2.05) is 23.6 Å². The molecule has 0 amide bonds. The predicted octanol–water partition coefficient (Wildman–Crippen LogP) is 3.06. The van der Waals surface area contributed by atoms with E-state index in [2.05, 4.69) is 15.9 Å². The molecule has 0 saturated heterocycles. The minimum atomic E-state index is -1.30. The lowest BCUT2D eigenvalue weighted by Gasteiger charge is -2.20. The Morgan fingerprint density at radius 1 is 1.44 bits per heavy atom. The molecule has 0 fully saturated rings. The molecule has 1 aliphatic rings. The van der Waals surface area contributed by atoms with Gasteiger partial charge in [-0.1, -0.05) is 18.2 Å². The Morgan fingerprint density at radius 2 is 2.17 bits per heavy atom. The molecule has 0 radical (unpaired) electrons. The molecule has 0 bridgehead atoms. The first-order valence-corrected chi connectivity index (χ1v) is 8.08. The number of anilines is 1. The quantitative estimate of drug-likeness (QED) is 0.747. The van der Waals surface area contributed by atoms with Gasteiger partial charge in [-0.15, -0.1) is 11.3 Å². The molecule has 1 aliphatic heterocycles. The number of benzene rings is 1. The van der Waals surface area contributed by atoms with Gasteiger partial charge >= 0.3 is 0 Å². The summed E-state index contributed by atoms with van der Waals surface area (Å²) in [5.41, 5.74) is 1.53. The maximum Gasteiger partial charge on any atom is 0.186 e. The first-order valence-electron chi connectivity index (χ1n) is 5.30. The van der Waals surface area contributed by atoms with Crippen molar-refractivity contribution < 1.29 is 9.66 Å². The summed E-state index contributed by atoms with van der Waals surface area (Å²) in [6.45, 7) is 0. The minimum absolute atomic E-state index is 0.669. The van der Waals surface area contributed by atoms with Gasteiger partial charge in [-0.2, -0.15) is 4.31 Å². The van der Waals surface area contributed by atoms with Crippen LogP contribution < -0.4 is 4.31 Å². The average molecular weight is 344 g/mol. The highest BCUT2D eigenvalue weighted by atomic mass is 79.9. The molecule has 3 nitrogen and oxygen atoms in total. The van der Waals surface area contributed by atoms with Crippen molar-refractivity contribution in [2.75, 3.05) is 11.4 Å². The third kappa shape index (κ3) is 1.71. The second-order valence-corrected chi connectivity index (χ2v) is 7.23. The van der Waals surface area contributed by atoms with Gasteiger partial charge < -0.3 is 9.66 Å². The number of aliphatic hydroxyl groups is 1. The number of halogens is 1. The molecule has 0 aliphatic carbocycles. The van der Waals surface area contributed by atoms with Crippen LogP contribution in [0.2, 0.25) is 0 Å².